The predicted molar refractivity (Wildman–Crippen MR) is 111 cm³/mol. The van der Waals surface area contributed by atoms with E-state index < -0.39 is 0 Å². The maximum Gasteiger partial charge on any atom is 0.262 e. The van der Waals surface area contributed by atoms with Crippen molar-refractivity contribution in [2.24, 2.45) is 0 Å². The molecule has 0 bridgehead atoms. The van der Waals surface area contributed by atoms with Crippen LogP contribution in [0.15, 0.2) is 34.2 Å². The minimum atomic E-state index is -0.152. The summed E-state index contributed by atoms with van der Waals surface area (Å²) < 4.78 is 1.77. The van der Waals surface area contributed by atoms with E-state index in [0.29, 0.717) is 29.1 Å². The van der Waals surface area contributed by atoms with Gasteiger partial charge in [0.1, 0.15) is 0 Å². The van der Waals surface area contributed by atoms with E-state index in [4.69, 9.17) is 10.5 Å². The minimum Gasteiger partial charge on any atom is -0.340 e. The lowest BCUT2D eigenvalue weighted by Crippen LogP contribution is -2.34. The standard InChI is InChI=1S/C21H23N5O2S/c22-11-5-13-25(14-6-12-23)19(27)15-29-21-24-18-10-4-3-9-17(18)20(28)26(21)16-7-1-2-8-16/h3-4,9-10,16H,1-2,5-8,13-15H2. The van der Waals surface area contributed by atoms with Crippen LogP contribution in [-0.2, 0) is 4.79 Å². The van der Waals surface area contributed by atoms with Gasteiger partial charge in [0, 0.05) is 19.1 Å². The van der Waals surface area contributed by atoms with E-state index in [9.17, 15) is 9.59 Å². The SMILES string of the molecule is N#CCCN(CCC#N)C(=O)CSc1nc2ccccc2c(=O)n1C1CCCC1. The molecule has 0 saturated heterocycles. The second-order valence-electron chi connectivity index (χ2n) is 7.01. The van der Waals surface area contributed by atoms with Crippen LogP contribution >= 0.6 is 11.8 Å². The number of hydrogen-bond donors (Lipinski definition) is 0. The average molecular weight is 410 g/mol. The van der Waals surface area contributed by atoms with Gasteiger partial charge in [0.25, 0.3) is 5.56 Å². The zero-order valence-corrected chi connectivity index (χ0v) is 17.0. The van der Waals surface area contributed by atoms with Crippen molar-refractivity contribution in [3.8, 4) is 12.1 Å². The van der Waals surface area contributed by atoms with Crippen LogP contribution in [0.5, 0.6) is 0 Å². The fourth-order valence-corrected chi connectivity index (χ4v) is 4.63. The third kappa shape index (κ3) is 4.96. The fourth-order valence-electron chi connectivity index (χ4n) is 3.66. The summed E-state index contributed by atoms with van der Waals surface area (Å²) in [5.74, 6) is -0.0326. The molecule has 29 heavy (non-hydrogen) atoms. The molecule has 1 aliphatic rings. The summed E-state index contributed by atoms with van der Waals surface area (Å²) in [6, 6.07) is 11.5. The van der Waals surface area contributed by atoms with E-state index in [0.717, 1.165) is 25.7 Å². The molecule has 1 saturated carbocycles. The van der Waals surface area contributed by atoms with Gasteiger partial charge in [0.15, 0.2) is 5.16 Å². The Bertz CT molecular complexity index is 996. The van der Waals surface area contributed by atoms with E-state index >= 15 is 0 Å². The smallest absolute Gasteiger partial charge is 0.262 e. The van der Waals surface area contributed by atoms with Gasteiger partial charge in [-0.3, -0.25) is 14.2 Å². The maximum atomic E-state index is 13.1. The van der Waals surface area contributed by atoms with Crippen molar-refractivity contribution < 1.29 is 4.79 Å². The molecule has 150 valence electrons. The largest absolute Gasteiger partial charge is 0.340 e. The van der Waals surface area contributed by atoms with Crippen LogP contribution in [0.2, 0.25) is 0 Å². The highest BCUT2D eigenvalue weighted by molar-refractivity contribution is 7.99. The summed E-state index contributed by atoms with van der Waals surface area (Å²) in [7, 11) is 0. The van der Waals surface area contributed by atoms with Gasteiger partial charge in [0.2, 0.25) is 5.91 Å². The van der Waals surface area contributed by atoms with Crippen molar-refractivity contribution in [1.82, 2.24) is 14.5 Å². The molecule has 8 heteroatoms. The Morgan fingerprint density at radius 1 is 1.17 bits per heavy atom. The highest BCUT2D eigenvalue weighted by Crippen LogP contribution is 2.32. The van der Waals surface area contributed by atoms with Gasteiger partial charge in [-0.05, 0) is 25.0 Å². The first-order chi connectivity index (χ1) is 14.2. The molecule has 1 aromatic carbocycles. The lowest BCUT2D eigenvalue weighted by atomic mass is 10.2. The number of thioether (sulfide) groups is 1. The molecule has 0 N–H and O–H groups in total. The quantitative estimate of drug-likeness (QED) is 0.490. The summed E-state index contributed by atoms with van der Waals surface area (Å²) in [6.45, 7) is 0.607. The van der Waals surface area contributed by atoms with Gasteiger partial charge in [-0.2, -0.15) is 10.5 Å². The highest BCUT2D eigenvalue weighted by Gasteiger charge is 2.24. The molecule has 3 rings (SSSR count). The molecule has 7 nitrogen and oxygen atoms in total. The molecule has 0 radical (unpaired) electrons. The number of carbonyl (C=O) groups is 1. The molecule has 1 aliphatic carbocycles. The van der Waals surface area contributed by atoms with Crippen molar-refractivity contribution in [3.63, 3.8) is 0 Å². The number of amides is 1. The molecule has 1 fully saturated rings. The van der Waals surface area contributed by atoms with Crippen LogP contribution in [-0.4, -0.2) is 39.2 Å². The Kier molecular flexibility index (Phi) is 7.26. The Morgan fingerprint density at radius 3 is 2.48 bits per heavy atom. The van der Waals surface area contributed by atoms with Crippen LogP contribution in [0.4, 0.5) is 0 Å². The van der Waals surface area contributed by atoms with Gasteiger partial charge >= 0.3 is 0 Å². The topological polar surface area (TPSA) is 103 Å². The first kappa shape index (κ1) is 20.9. The number of carbonyl (C=O) groups excluding carboxylic acids is 1. The Balaban J connectivity index is 1.85. The Labute approximate surface area is 173 Å². The minimum absolute atomic E-state index is 0.0525. The first-order valence-electron chi connectivity index (χ1n) is 9.81. The summed E-state index contributed by atoms with van der Waals surface area (Å²) >= 11 is 1.26. The Morgan fingerprint density at radius 2 is 1.83 bits per heavy atom. The van der Waals surface area contributed by atoms with E-state index in [2.05, 4.69) is 4.98 Å². The predicted octanol–water partition coefficient (Wildman–Crippen LogP) is 3.26. The molecule has 1 heterocycles. The third-order valence-electron chi connectivity index (χ3n) is 5.13. The molecular formula is C21H23N5O2S. The van der Waals surface area contributed by atoms with Crippen molar-refractivity contribution in [2.45, 2.75) is 49.7 Å². The van der Waals surface area contributed by atoms with Gasteiger partial charge in [-0.25, -0.2) is 4.98 Å². The van der Waals surface area contributed by atoms with E-state index in [1.165, 1.54) is 11.8 Å². The number of para-hydroxylation sites is 1. The lowest BCUT2D eigenvalue weighted by Gasteiger charge is -2.21. The maximum absolute atomic E-state index is 13.1. The van der Waals surface area contributed by atoms with Gasteiger partial charge in [0.05, 0.1) is 41.6 Å². The number of aromatic nitrogens is 2. The van der Waals surface area contributed by atoms with Crippen molar-refractivity contribution in [2.75, 3.05) is 18.8 Å². The van der Waals surface area contributed by atoms with Crippen LogP contribution in [0.1, 0.15) is 44.6 Å². The molecule has 2 aromatic rings. The van der Waals surface area contributed by atoms with Gasteiger partial charge in [-0.1, -0.05) is 36.7 Å². The number of fused-ring (bicyclic) bond motifs is 1. The van der Waals surface area contributed by atoms with E-state index in [1.807, 2.05) is 30.3 Å². The molecule has 0 aliphatic heterocycles. The second-order valence-corrected chi connectivity index (χ2v) is 7.95. The lowest BCUT2D eigenvalue weighted by molar-refractivity contribution is -0.128. The zero-order chi connectivity index (χ0) is 20.6. The van der Waals surface area contributed by atoms with E-state index in [1.54, 1.807) is 15.5 Å². The number of nitrogens with zero attached hydrogens (tertiary/aromatic N) is 5. The Hall–Kier alpha value is -2.84. The van der Waals surface area contributed by atoms with Crippen LogP contribution in [0.25, 0.3) is 10.9 Å². The van der Waals surface area contributed by atoms with Crippen molar-refractivity contribution in [1.29, 1.82) is 10.5 Å². The monoisotopic (exact) mass is 409 g/mol. The molecule has 1 amide bonds. The summed E-state index contributed by atoms with van der Waals surface area (Å²) in [5, 5.41) is 18.8. The van der Waals surface area contributed by atoms with Crippen molar-refractivity contribution in [3.05, 3.63) is 34.6 Å². The molecular weight excluding hydrogens is 386 g/mol. The molecule has 0 unspecified atom stereocenters. The fraction of sp³-hybridized carbons (Fsp3) is 0.476. The van der Waals surface area contributed by atoms with Gasteiger partial charge in [-0.15, -0.1) is 0 Å². The first-order valence-corrected chi connectivity index (χ1v) is 10.8. The number of nitriles is 2. The zero-order valence-electron chi connectivity index (χ0n) is 16.2. The van der Waals surface area contributed by atoms with Gasteiger partial charge < -0.3 is 4.90 Å². The molecule has 1 aromatic heterocycles. The highest BCUT2D eigenvalue weighted by atomic mass is 32.2. The summed E-state index contributed by atoms with van der Waals surface area (Å²) in [5.41, 5.74) is 0.579. The summed E-state index contributed by atoms with van der Waals surface area (Å²) in [6.07, 6.45) is 4.51. The molecule has 0 spiro atoms. The third-order valence-corrected chi connectivity index (χ3v) is 6.07. The number of rotatable bonds is 8. The van der Waals surface area contributed by atoms with E-state index in [-0.39, 0.29) is 36.1 Å². The average Bonchev–Trinajstić information content (AvgIpc) is 3.26. The summed E-state index contributed by atoms with van der Waals surface area (Å²) in [4.78, 5) is 32.0. The van der Waals surface area contributed by atoms with Crippen molar-refractivity contribution >= 4 is 28.6 Å². The number of hydrogen-bond acceptors (Lipinski definition) is 6. The second kappa shape index (κ2) is 10.1. The number of benzene rings is 1. The normalized spacial score (nSPS) is 13.9. The van der Waals surface area contributed by atoms with Crippen LogP contribution in [0.3, 0.4) is 0 Å². The molecule has 0 atom stereocenters. The van der Waals surface area contributed by atoms with Crippen LogP contribution in [0, 0.1) is 22.7 Å². The van der Waals surface area contributed by atoms with Crippen LogP contribution < -0.4 is 5.56 Å².